The highest BCUT2D eigenvalue weighted by Crippen LogP contribution is 2.28. The number of nitrogens with one attached hydrogen (secondary N) is 1. The molecule has 1 fully saturated rings. The second-order valence-electron chi connectivity index (χ2n) is 7.39. The molecule has 0 saturated carbocycles. The number of amides is 2. The number of hydrogen-bond donors (Lipinski definition) is 1. The maximum atomic E-state index is 12.9. The minimum atomic E-state index is -0.200. The summed E-state index contributed by atoms with van der Waals surface area (Å²) in [4.78, 5) is 25.6. The number of benzene rings is 1. The normalized spacial score (nSPS) is 19.0. The Balaban J connectivity index is 1.73. The molecule has 2 atom stereocenters. The Morgan fingerprint density at radius 1 is 1.28 bits per heavy atom. The van der Waals surface area contributed by atoms with Crippen molar-refractivity contribution in [2.24, 2.45) is 0 Å². The number of aromatic nitrogens is 2. The fourth-order valence-electron chi connectivity index (χ4n) is 3.58. The maximum Gasteiger partial charge on any atom is 0.324 e. The monoisotopic (exact) mass is 412 g/mol. The summed E-state index contributed by atoms with van der Waals surface area (Å²) in [6, 6.07) is 9.31. The zero-order valence-corrected chi connectivity index (χ0v) is 17.9. The summed E-state index contributed by atoms with van der Waals surface area (Å²) in [5, 5.41) is 12.4. The van der Waals surface area contributed by atoms with Gasteiger partial charge >= 0.3 is 6.03 Å². The second-order valence-corrected chi connectivity index (χ2v) is 7.79. The van der Waals surface area contributed by atoms with E-state index < -0.39 is 0 Å². The molecule has 1 saturated heterocycles. The number of rotatable bonds is 3. The number of piperazine rings is 1. The van der Waals surface area contributed by atoms with Gasteiger partial charge in [0.2, 0.25) is 5.95 Å². The fourth-order valence-corrected chi connectivity index (χ4v) is 3.80. The summed E-state index contributed by atoms with van der Waals surface area (Å²) in [6.07, 6.45) is 0.783. The Kier molecular flexibility index (Phi) is 6.23. The summed E-state index contributed by atoms with van der Waals surface area (Å²) in [5.41, 5.74) is 3.13. The van der Waals surface area contributed by atoms with Crippen molar-refractivity contribution in [1.82, 2.24) is 14.9 Å². The summed E-state index contributed by atoms with van der Waals surface area (Å²) in [6.45, 7) is 9.20. The van der Waals surface area contributed by atoms with Crippen molar-refractivity contribution >= 4 is 29.3 Å². The Hall–Kier alpha value is -2.85. The number of nitriles is 1. The lowest BCUT2D eigenvalue weighted by Crippen LogP contribution is -2.59. The fraction of sp³-hybridized carbons (Fsp3) is 0.429. The van der Waals surface area contributed by atoms with E-state index in [1.54, 1.807) is 6.07 Å². The summed E-state index contributed by atoms with van der Waals surface area (Å²) < 4.78 is 0. The third-order valence-corrected chi connectivity index (χ3v) is 5.45. The van der Waals surface area contributed by atoms with E-state index in [0.29, 0.717) is 29.6 Å². The van der Waals surface area contributed by atoms with Gasteiger partial charge in [-0.25, -0.2) is 14.8 Å². The van der Waals surface area contributed by atoms with Crippen LogP contribution in [0.1, 0.15) is 37.7 Å². The van der Waals surface area contributed by atoms with Gasteiger partial charge in [0.25, 0.3) is 0 Å². The first kappa shape index (κ1) is 20.9. The number of halogens is 1. The van der Waals surface area contributed by atoms with E-state index >= 15 is 0 Å². The van der Waals surface area contributed by atoms with Gasteiger partial charge in [-0.2, -0.15) is 5.26 Å². The van der Waals surface area contributed by atoms with Crippen LogP contribution in [0.15, 0.2) is 24.3 Å². The van der Waals surface area contributed by atoms with Crippen LogP contribution in [-0.4, -0.2) is 46.1 Å². The molecule has 2 aromatic rings. The Morgan fingerprint density at radius 2 is 2.03 bits per heavy atom. The predicted octanol–water partition coefficient (Wildman–Crippen LogP) is 4.00. The molecule has 8 heteroatoms. The first-order valence-electron chi connectivity index (χ1n) is 9.70. The summed E-state index contributed by atoms with van der Waals surface area (Å²) in [7, 11) is 0. The molecule has 3 rings (SSSR count). The number of carbonyl (C=O) groups excluding carboxylic acids is 1. The first-order chi connectivity index (χ1) is 13.8. The molecular formula is C21H25ClN6O. The van der Waals surface area contributed by atoms with Crippen LogP contribution in [0.3, 0.4) is 0 Å². The molecule has 0 radical (unpaired) electrons. The van der Waals surface area contributed by atoms with E-state index in [9.17, 15) is 4.79 Å². The van der Waals surface area contributed by atoms with E-state index in [2.05, 4.69) is 33.2 Å². The topological polar surface area (TPSA) is 85.2 Å². The number of hydrogen-bond acceptors (Lipinski definition) is 5. The zero-order valence-electron chi connectivity index (χ0n) is 17.1. The van der Waals surface area contributed by atoms with Crippen LogP contribution >= 0.6 is 11.6 Å². The highest BCUT2D eigenvalue weighted by Gasteiger charge is 2.32. The molecule has 152 valence electrons. The van der Waals surface area contributed by atoms with Crippen molar-refractivity contribution < 1.29 is 4.79 Å². The molecule has 0 unspecified atom stereocenters. The smallest absolute Gasteiger partial charge is 0.324 e. The molecule has 1 aromatic heterocycles. The quantitative estimate of drug-likeness (QED) is 0.823. The van der Waals surface area contributed by atoms with Crippen molar-refractivity contribution in [3.05, 3.63) is 46.2 Å². The lowest BCUT2D eigenvalue weighted by molar-refractivity contribution is 0.173. The van der Waals surface area contributed by atoms with Gasteiger partial charge in [0, 0.05) is 42.2 Å². The van der Waals surface area contributed by atoms with Crippen molar-refractivity contribution in [2.45, 2.75) is 46.2 Å². The van der Waals surface area contributed by atoms with Gasteiger partial charge in [-0.05, 0) is 51.5 Å². The summed E-state index contributed by atoms with van der Waals surface area (Å²) in [5.74, 6) is 0.341. The number of carbonyl (C=O) groups is 1. The van der Waals surface area contributed by atoms with Crippen molar-refractivity contribution in [3.63, 3.8) is 0 Å². The van der Waals surface area contributed by atoms with Crippen LogP contribution in [0, 0.1) is 18.3 Å². The van der Waals surface area contributed by atoms with Crippen molar-refractivity contribution in [1.29, 1.82) is 5.26 Å². The van der Waals surface area contributed by atoms with Crippen molar-refractivity contribution in [2.75, 3.05) is 23.3 Å². The molecule has 1 N–H and O–H groups in total. The van der Waals surface area contributed by atoms with Crippen LogP contribution in [-0.2, 0) is 6.42 Å². The Morgan fingerprint density at radius 3 is 2.69 bits per heavy atom. The highest BCUT2D eigenvalue weighted by atomic mass is 35.5. The average Bonchev–Trinajstić information content (AvgIpc) is 2.68. The van der Waals surface area contributed by atoms with E-state index in [4.69, 9.17) is 16.9 Å². The van der Waals surface area contributed by atoms with Crippen LogP contribution in [0.5, 0.6) is 0 Å². The minimum absolute atomic E-state index is 0.0175. The molecule has 0 spiro atoms. The van der Waals surface area contributed by atoms with Gasteiger partial charge in [0.1, 0.15) is 6.07 Å². The molecule has 2 heterocycles. The zero-order chi connectivity index (χ0) is 21.1. The predicted molar refractivity (Wildman–Crippen MR) is 114 cm³/mol. The van der Waals surface area contributed by atoms with E-state index in [1.807, 2.05) is 43.9 Å². The number of urea groups is 1. The maximum absolute atomic E-state index is 12.9. The van der Waals surface area contributed by atoms with Gasteiger partial charge in [-0.1, -0.05) is 18.5 Å². The highest BCUT2D eigenvalue weighted by molar-refractivity contribution is 6.32. The van der Waals surface area contributed by atoms with Crippen LogP contribution < -0.4 is 10.2 Å². The second kappa shape index (κ2) is 8.66. The third kappa shape index (κ3) is 4.60. The average molecular weight is 413 g/mol. The number of nitrogens with zero attached hydrogens (tertiary/aromatic N) is 5. The van der Waals surface area contributed by atoms with E-state index in [1.165, 1.54) is 0 Å². The SMILES string of the molecule is CCc1cc(C)nc(NC(=O)N2C[C@H](C)N(c3ccc(C#N)c(Cl)c3)C[C@H]2C)n1. The van der Waals surface area contributed by atoms with Crippen LogP contribution in [0.4, 0.5) is 16.4 Å². The largest absolute Gasteiger partial charge is 0.365 e. The Bertz CT molecular complexity index is 957. The molecular weight excluding hydrogens is 388 g/mol. The molecule has 1 aliphatic heterocycles. The first-order valence-corrected chi connectivity index (χ1v) is 10.1. The van der Waals surface area contributed by atoms with Gasteiger partial charge in [-0.3, -0.25) is 5.32 Å². The van der Waals surface area contributed by atoms with Crippen LogP contribution in [0.25, 0.3) is 0 Å². The van der Waals surface area contributed by atoms with Gasteiger partial charge in [0.15, 0.2) is 0 Å². The van der Waals surface area contributed by atoms with E-state index in [-0.39, 0.29) is 18.1 Å². The molecule has 29 heavy (non-hydrogen) atoms. The summed E-state index contributed by atoms with van der Waals surface area (Å²) >= 11 is 6.20. The molecule has 1 aliphatic rings. The Labute approximate surface area is 176 Å². The standard InChI is InChI=1S/C21H25ClN6O/c1-5-17-8-13(2)24-20(25-17)26-21(29)28-12-14(3)27(11-15(28)4)18-7-6-16(10-23)19(22)9-18/h6-9,14-15H,5,11-12H2,1-4H3,(H,24,25,26,29)/t14-,15+/m0/s1. The van der Waals surface area contributed by atoms with Crippen molar-refractivity contribution in [3.8, 4) is 6.07 Å². The number of anilines is 2. The van der Waals surface area contributed by atoms with E-state index in [0.717, 1.165) is 23.5 Å². The molecule has 2 amide bonds. The molecule has 0 bridgehead atoms. The molecule has 7 nitrogen and oxygen atoms in total. The lowest BCUT2D eigenvalue weighted by Gasteiger charge is -2.45. The van der Waals surface area contributed by atoms with Gasteiger partial charge in [0.05, 0.1) is 10.6 Å². The van der Waals surface area contributed by atoms with Gasteiger partial charge in [-0.15, -0.1) is 0 Å². The molecule has 1 aromatic carbocycles. The molecule has 0 aliphatic carbocycles. The van der Waals surface area contributed by atoms with Gasteiger partial charge < -0.3 is 9.80 Å². The van der Waals surface area contributed by atoms with Crippen LogP contribution in [0.2, 0.25) is 5.02 Å². The number of aryl methyl sites for hydroxylation is 2. The minimum Gasteiger partial charge on any atom is -0.365 e. The third-order valence-electron chi connectivity index (χ3n) is 5.14. The lowest BCUT2D eigenvalue weighted by atomic mass is 10.1.